The second-order valence-electron chi connectivity index (χ2n) is 6.30. The van der Waals surface area contributed by atoms with E-state index in [2.05, 4.69) is 5.32 Å². The molecule has 0 unspecified atom stereocenters. The standard InChI is InChI=1S/C14H25N3O4/c1-14(2,3)13(21)15-10-11(18)17-8-6-16(7-9-17)5-4-12(19)20/h4-10H2,1-3H3,(H,15,21)(H,19,20). The maximum absolute atomic E-state index is 12.0. The van der Waals surface area contributed by atoms with E-state index in [9.17, 15) is 14.4 Å². The first kappa shape index (κ1) is 17.4. The number of aliphatic carboxylic acids is 1. The number of carboxylic acids is 1. The van der Waals surface area contributed by atoms with Gasteiger partial charge in [0.2, 0.25) is 11.8 Å². The van der Waals surface area contributed by atoms with E-state index in [1.165, 1.54) is 0 Å². The van der Waals surface area contributed by atoms with E-state index < -0.39 is 11.4 Å². The lowest BCUT2D eigenvalue weighted by Gasteiger charge is -2.34. The molecule has 0 bridgehead atoms. The summed E-state index contributed by atoms with van der Waals surface area (Å²) in [6.07, 6.45) is 0.121. The lowest BCUT2D eigenvalue weighted by atomic mass is 9.96. The van der Waals surface area contributed by atoms with Crippen molar-refractivity contribution in [2.75, 3.05) is 39.3 Å². The summed E-state index contributed by atoms with van der Waals surface area (Å²) in [6.45, 7) is 8.42. The Balaban J connectivity index is 2.29. The molecule has 21 heavy (non-hydrogen) atoms. The van der Waals surface area contributed by atoms with Crippen molar-refractivity contribution in [2.45, 2.75) is 27.2 Å². The van der Waals surface area contributed by atoms with Crippen molar-refractivity contribution < 1.29 is 19.5 Å². The summed E-state index contributed by atoms with van der Waals surface area (Å²) >= 11 is 0. The maximum Gasteiger partial charge on any atom is 0.304 e. The van der Waals surface area contributed by atoms with Crippen LogP contribution in [0, 0.1) is 5.41 Å². The van der Waals surface area contributed by atoms with Crippen molar-refractivity contribution in [1.29, 1.82) is 0 Å². The molecule has 1 fully saturated rings. The highest BCUT2D eigenvalue weighted by atomic mass is 16.4. The fourth-order valence-corrected chi connectivity index (χ4v) is 2.01. The van der Waals surface area contributed by atoms with Crippen LogP contribution in [-0.2, 0) is 14.4 Å². The molecule has 7 nitrogen and oxygen atoms in total. The minimum atomic E-state index is -0.807. The largest absolute Gasteiger partial charge is 0.481 e. The number of nitrogens with zero attached hydrogens (tertiary/aromatic N) is 2. The molecule has 1 aliphatic heterocycles. The van der Waals surface area contributed by atoms with Crippen LogP contribution in [0.25, 0.3) is 0 Å². The molecule has 0 spiro atoms. The van der Waals surface area contributed by atoms with Crippen LogP contribution in [0.5, 0.6) is 0 Å². The number of piperazine rings is 1. The molecule has 2 N–H and O–H groups in total. The fourth-order valence-electron chi connectivity index (χ4n) is 2.01. The summed E-state index contributed by atoms with van der Waals surface area (Å²) in [7, 11) is 0. The summed E-state index contributed by atoms with van der Waals surface area (Å²) in [5.74, 6) is -1.04. The van der Waals surface area contributed by atoms with Crippen LogP contribution in [0.4, 0.5) is 0 Å². The lowest BCUT2D eigenvalue weighted by molar-refractivity contribution is -0.138. The van der Waals surface area contributed by atoms with E-state index in [1.54, 1.807) is 25.7 Å². The van der Waals surface area contributed by atoms with Gasteiger partial charge in [0.25, 0.3) is 0 Å². The van der Waals surface area contributed by atoms with Crippen LogP contribution in [0.3, 0.4) is 0 Å². The Hall–Kier alpha value is -1.63. The molecule has 0 radical (unpaired) electrons. The van der Waals surface area contributed by atoms with Crippen molar-refractivity contribution >= 4 is 17.8 Å². The number of carbonyl (C=O) groups excluding carboxylic acids is 2. The number of rotatable bonds is 5. The van der Waals surface area contributed by atoms with E-state index in [1.807, 2.05) is 4.90 Å². The summed E-state index contributed by atoms with van der Waals surface area (Å²) < 4.78 is 0. The average Bonchev–Trinajstić information content (AvgIpc) is 2.41. The molecule has 0 aliphatic carbocycles. The van der Waals surface area contributed by atoms with Crippen molar-refractivity contribution in [3.63, 3.8) is 0 Å². The third-order valence-electron chi connectivity index (χ3n) is 3.45. The first-order valence-electron chi connectivity index (χ1n) is 7.20. The molecule has 0 aromatic carbocycles. The maximum atomic E-state index is 12.0. The van der Waals surface area contributed by atoms with Gasteiger partial charge in [0, 0.05) is 38.1 Å². The minimum absolute atomic E-state index is 0.0191. The van der Waals surface area contributed by atoms with Crippen LogP contribution in [0.2, 0.25) is 0 Å². The molecule has 1 aliphatic rings. The molecule has 0 atom stereocenters. The van der Waals surface area contributed by atoms with Gasteiger partial charge in [-0.1, -0.05) is 20.8 Å². The van der Waals surface area contributed by atoms with Gasteiger partial charge in [0.05, 0.1) is 13.0 Å². The Morgan fingerprint density at radius 3 is 2.14 bits per heavy atom. The smallest absolute Gasteiger partial charge is 0.304 e. The molecular formula is C14H25N3O4. The topological polar surface area (TPSA) is 90.0 Å². The average molecular weight is 299 g/mol. The molecule has 7 heteroatoms. The van der Waals surface area contributed by atoms with Gasteiger partial charge < -0.3 is 15.3 Å². The second-order valence-corrected chi connectivity index (χ2v) is 6.30. The van der Waals surface area contributed by atoms with E-state index in [4.69, 9.17) is 5.11 Å². The summed E-state index contributed by atoms with van der Waals surface area (Å²) in [5.41, 5.74) is -0.504. The van der Waals surface area contributed by atoms with Crippen LogP contribution in [0.15, 0.2) is 0 Å². The number of hydrogen-bond acceptors (Lipinski definition) is 4. The number of hydrogen-bond donors (Lipinski definition) is 2. The SMILES string of the molecule is CC(C)(C)C(=O)NCC(=O)N1CCN(CCC(=O)O)CC1. The number of nitrogens with one attached hydrogen (secondary N) is 1. The van der Waals surface area contributed by atoms with Gasteiger partial charge in [-0.25, -0.2) is 0 Å². The normalized spacial score (nSPS) is 16.6. The molecule has 1 heterocycles. The van der Waals surface area contributed by atoms with Crippen LogP contribution in [-0.4, -0.2) is 72.0 Å². The second kappa shape index (κ2) is 7.40. The van der Waals surface area contributed by atoms with E-state index in [-0.39, 0.29) is 24.8 Å². The molecule has 0 aromatic rings. The summed E-state index contributed by atoms with van der Waals surface area (Å²) in [6, 6.07) is 0. The van der Waals surface area contributed by atoms with E-state index >= 15 is 0 Å². The molecule has 2 amide bonds. The molecule has 0 saturated carbocycles. The molecular weight excluding hydrogens is 274 g/mol. The number of carboxylic acid groups (broad SMARTS) is 1. The van der Waals surface area contributed by atoms with Gasteiger partial charge in [-0.15, -0.1) is 0 Å². The highest BCUT2D eigenvalue weighted by Crippen LogP contribution is 2.12. The lowest BCUT2D eigenvalue weighted by Crippen LogP contribution is -2.52. The van der Waals surface area contributed by atoms with Crippen LogP contribution in [0.1, 0.15) is 27.2 Å². The third kappa shape index (κ3) is 6.12. The van der Waals surface area contributed by atoms with Crippen molar-refractivity contribution in [3.8, 4) is 0 Å². The predicted molar refractivity (Wildman–Crippen MR) is 77.7 cm³/mol. The monoisotopic (exact) mass is 299 g/mol. The van der Waals surface area contributed by atoms with Gasteiger partial charge in [-0.3, -0.25) is 19.3 Å². The zero-order valence-corrected chi connectivity index (χ0v) is 13.0. The highest BCUT2D eigenvalue weighted by Gasteiger charge is 2.24. The number of amides is 2. The van der Waals surface area contributed by atoms with Gasteiger partial charge in [0.1, 0.15) is 0 Å². The third-order valence-corrected chi connectivity index (χ3v) is 3.45. The molecule has 1 rings (SSSR count). The van der Waals surface area contributed by atoms with E-state index in [0.29, 0.717) is 32.7 Å². The van der Waals surface area contributed by atoms with Gasteiger partial charge >= 0.3 is 5.97 Å². The first-order chi connectivity index (χ1) is 9.70. The Bertz CT molecular complexity index is 396. The van der Waals surface area contributed by atoms with Gasteiger partial charge in [-0.2, -0.15) is 0 Å². The molecule has 1 saturated heterocycles. The van der Waals surface area contributed by atoms with Gasteiger partial charge in [-0.05, 0) is 0 Å². The summed E-state index contributed by atoms with van der Waals surface area (Å²) in [5, 5.41) is 11.3. The van der Waals surface area contributed by atoms with Crippen LogP contribution >= 0.6 is 0 Å². The Morgan fingerprint density at radius 1 is 1.10 bits per heavy atom. The minimum Gasteiger partial charge on any atom is -0.481 e. The molecule has 0 aromatic heterocycles. The predicted octanol–water partition coefficient (Wildman–Crippen LogP) is -0.232. The quantitative estimate of drug-likeness (QED) is 0.732. The van der Waals surface area contributed by atoms with Crippen molar-refractivity contribution in [1.82, 2.24) is 15.1 Å². The fraction of sp³-hybridized carbons (Fsp3) is 0.786. The Kier molecular flexibility index (Phi) is 6.14. The highest BCUT2D eigenvalue weighted by molar-refractivity contribution is 5.87. The van der Waals surface area contributed by atoms with Crippen LogP contribution < -0.4 is 5.32 Å². The Morgan fingerprint density at radius 2 is 1.67 bits per heavy atom. The molecule has 120 valence electrons. The van der Waals surface area contributed by atoms with E-state index in [0.717, 1.165) is 0 Å². The Labute approximate surface area is 125 Å². The first-order valence-corrected chi connectivity index (χ1v) is 7.20. The van der Waals surface area contributed by atoms with Crippen molar-refractivity contribution in [3.05, 3.63) is 0 Å². The summed E-state index contributed by atoms with van der Waals surface area (Å²) in [4.78, 5) is 38.0. The zero-order chi connectivity index (χ0) is 16.0. The zero-order valence-electron chi connectivity index (χ0n) is 13.0. The van der Waals surface area contributed by atoms with Gasteiger partial charge in [0.15, 0.2) is 0 Å². The number of carbonyl (C=O) groups is 3. The van der Waals surface area contributed by atoms with Crippen molar-refractivity contribution in [2.24, 2.45) is 5.41 Å².